The van der Waals surface area contributed by atoms with E-state index in [4.69, 9.17) is 18.9 Å². The number of hydrogen-bond donors (Lipinski definition) is 0. The van der Waals surface area contributed by atoms with E-state index in [0.29, 0.717) is 28.4 Å². The van der Waals surface area contributed by atoms with Crippen molar-refractivity contribution in [3.63, 3.8) is 0 Å². The summed E-state index contributed by atoms with van der Waals surface area (Å²) in [6.45, 7) is 0.130. The van der Waals surface area contributed by atoms with E-state index in [2.05, 4.69) is 0 Å². The average molecular weight is 392 g/mol. The quantitative estimate of drug-likeness (QED) is 0.376. The highest BCUT2D eigenvalue weighted by Crippen LogP contribution is 2.36. The van der Waals surface area contributed by atoms with Crippen LogP contribution in [-0.2, 0) is 0 Å². The highest BCUT2D eigenvalue weighted by atomic mass is 32.1. The fourth-order valence-corrected chi connectivity index (χ4v) is 3.57. The maximum Gasteiger partial charge on any atom is 0.343 e. The molecule has 1 aromatic heterocycles. The minimum atomic E-state index is -0.545. The molecule has 0 bridgehead atoms. The lowest BCUT2D eigenvalue weighted by Gasteiger charge is -2.06. The van der Waals surface area contributed by atoms with Crippen LogP contribution in [0, 0.1) is 0 Å². The molecule has 0 fully saturated rings. The molecule has 28 heavy (non-hydrogen) atoms. The smallest absolute Gasteiger partial charge is 0.343 e. The zero-order chi connectivity index (χ0) is 19.1. The second kappa shape index (κ2) is 6.54. The average Bonchev–Trinajstić information content (AvgIpc) is 3.43. The summed E-state index contributed by atoms with van der Waals surface area (Å²) in [6, 6.07) is 13.3. The number of rotatable bonds is 3. The summed E-state index contributed by atoms with van der Waals surface area (Å²) >= 11 is 1.51. The number of esters is 1. The molecule has 0 saturated heterocycles. The second-order valence-electron chi connectivity index (χ2n) is 6.07. The van der Waals surface area contributed by atoms with Crippen molar-refractivity contribution in [3.05, 3.63) is 75.7 Å². The molecular weight excluding hydrogens is 380 g/mol. The Kier molecular flexibility index (Phi) is 3.87. The molecular formula is C21H12O6S. The molecule has 0 aliphatic carbocycles. The molecule has 0 amide bonds. The van der Waals surface area contributed by atoms with Crippen LogP contribution < -0.4 is 18.9 Å². The van der Waals surface area contributed by atoms with Crippen LogP contribution in [0.2, 0.25) is 0 Å². The van der Waals surface area contributed by atoms with E-state index in [1.807, 2.05) is 17.5 Å². The maximum atomic E-state index is 12.5. The van der Waals surface area contributed by atoms with Crippen LogP contribution in [0.3, 0.4) is 0 Å². The van der Waals surface area contributed by atoms with E-state index in [0.717, 1.165) is 4.88 Å². The van der Waals surface area contributed by atoms with Crippen molar-refractivity contribution in [2.24, 2.45) is 0 Å². The molecule has 138 valence electrons. The zero-order valence-electron chi connectivity index (χ0n) is 14.3. The van der Waals surface area contributed by atoms with Crippen LogP contribution in [0.4, 0.5) is 0 Å². The summed E-state index contributed by atoms with van der Waals surface area (Å²) in [5.41, 5.74) is 0.769. The van der Waals surface area contributed by atoms with Gasteiger partial charge >= 0.3 is 5.97 Å². The van der Waals surface area contributed by atoms with Crippen molar-refractivity contribution in [3.8, 4) is 23.0 Å². The van der Waals surface area contributed by atoms with Crippen molar-refractivity contribution >= 4 is 29.2 Å². The molecule has 0 unspecified atom stereocenters. The standard InChI is InChI=1S/C21H12O6S/c22-20-15-5-4-13(9-17(15)27-19(20)10-14-2-1-7-28-14)26-21(23)12-3-6-16-18(8-12)25-11-24-16/h1-10H,11H2/b19-10-. The Balaban J connectivity index is 1.36. The summed E-state index contributed by atoms with van der Waals surface area (Å²) < 4.78 is 21.6. The highest BCUT2D eigenvalue weighted by molar-refractivity contribution is 7.10. The van der Waals surface area contributed by atoms with E-state index in [1.165, 1.54) is 17.4 Å². The number of ether oxygens (including phenoxy) is 4. The predicted molar refractivity (Wildman–Crippen MR) is 101 cm³/mol. The van der Waals surface area contributed by atoms with Gasteiger partial charge in [0.05, 0.1) is 11.1 Å². The van der Waals surface area contributed by atoms with Crippen molar-refractivity contribution < 1.29 is 28.5 Å². The third kappa shape index (κ3) is 2.91. The first-order valence-corrected chi connectivity index (χ1v) is 9.29. The Bertz CT molecular complexity index is 1130. The summed E-state index contributed by atoms with van der Waals surface area (Å²) in [6.07, 6.45) is 1.70. The molecule has 0 radical (unpaired) electrons. The van der Waals surface area contributed by atoms with Gasteiger partial charge in [-0.25, -0.2) is 4.79 Å². The lowest BCUT2D eigenvalue weighted by Crippen LogP contribution is -2.08. The summed E-state index contributed by atoms with van der Waals surface area (Å²) in [5, 5.41) is 1.92. The van der Waals surface area contributed by atoms with E-state index in [-0.39, 0.29) is 24.1 Å². The van der Waals surface area contributed by atoms with Gasteiger partial charge in [0.1, 0.15) is 11.5 Å². The lowest BCUT2D eigenvalue weighted by atomic mass is 10.1. The van der Waals surface area contributed by atoms with Gasteiger partial charge in [-0.1, -0.05) is 6.07 Å². The number of fused-ring (bicyclic) bond motifs is 2. The van der Waals surface area contributed by atoms with Gasteiger partial charge in [0.15, 0.2) is 17.3 Å². The Hall–Kier alpha value is -3.58. The third-order valence-electron chi connectivity index (χ3n) is 4.28. The predicted octanol–water partition coefficient (Wildman–Crippen LogP) is 4.31. The molecule has 2 aliphatic heterocycles. The van der Waals surface area contributed by atoms with Crippen molar-refractivity contribution in [1.82, 2.24) is 0 Å². The second-order valence-corrected chi connectivity index (χ2v) is 7.05. The van der Waals surface area contributed by atoms with Gasteiger partial charge < -0.3 is 18.9 Å². The van der Waals surface area contributed by atoms with Gasteiger partial charge in [0, 0.05) is 17.0 Å². The summed E-state index contributed by atoms with van der Waals surface area (Å²) in [4.78, 5) is 25.8. The molecule has 0 spiro atoms. The number of carbonyl (C=O) groups excluding carboxylic acids is 2. The molecule has 7 heteroatoms. The number of Topliss-reactive ketones (excluding diaryl/α,β-unsaturated/α-hetero) is 1. The van der Waals surface area contributed by atoms with E-state index >= 15 is 0 Å². The summed E-state index contributed by atoms with van der Waals surface area (Å²) in [5.74, 6) is 1.24. The van der Waals surface area contributed by atoms with Gasteiger partial charge in [0.25, 0.3) is 0 Å². The molecule has 3 aromatic rings. The zero-order valence-corrected chi connectivity index (χ0v) is 15.2. The number of carbonyl (C=O) groups is 2. The third-order valence-corrected chi connectivity index (χ3v) is 5.10. The Morgan fingerprint density at radius 3 is 2.79 bits per heavy atom. The summed E-state index contributed by atoms with van der Waals surface area (Å²) in [7, 11) is 0. The van der Waals surface area contributed by atoms with Crippen molar-refractivity contribution in [2.75, 3.05) is 6.79 Å². The van der Waals surface area contributed by atoms with Crippen LogP contribution in [0.5, 0.6) is 23.0 Å². The fourth-order valence-electron chi connectivity index (χ4n) is 2.92. The minimum absolute atomic E-state index is 0.130. The SMILES string of the molecule is O=C(Oc1ccc2c(c1)O/C(=C\c1cccs1)C2=O)c1ccc2c(c1)OCO2. The van der Waals surface area contributed by atoms with Crippen LogP contribution in [0.25, 0.3) is 6.08 Å². The topological polar surface area (TPSA) is 71.1 Å². The highest BCUT2D eigenvalue weighted by Gasteiger charge is 2.28. The van der Waals surface area contributed by atoms with Crippen LogP contribution in [0.15, 0.2) is 59.7 Å². The number of ketones is 1. The van der Waals surface area contributed by atoms with Gasteiger partial charge in [-0.05, 0) is 41.8 Å². The van der Waals surface area contributed by atoms with Gasteiger partial charge in [-0.3, -0.25) is 4.79 Å². The molecule has 5 rings (SSSR count). The molecule has 6 nitrogen and oxygen atoms in total. The Labute approximate surface area is 163 Å². The Morgan fingerprint density at radius 2 is 1.93 bits per heavy atom. The van der Waals surface area contributed by atoms with Crippen LogP contribution in [0.1, 0.15) is 25.6 Å². The Morgan fingerprint density at radius 1 is 1.04 bits per heavy atom. The first-order valence-electron chi connectivity index (χ1n) is 8.41. The van der Waals surface area contributed by atoms with Gasteiger partial charge in [0.2, 0.25) is 12.6 Å². The normalized spacial score (nSPS) is 15.4. The van der Waals surface area contributed by atoms with Gasteiger partial charge in [-0.2, -0.15) is 0 Å². The van der Waals surface area contributed by atoms with E-state index in [9.17, 15) is 9.59 Å². The molecule has 0 N–H and O–H groups in total. The number of thiophene rings is 1. The van der Waals surface area contributed by atoms with Gasteiger partial charge in [-0.15, -0.1) is 11.3 Å². The largest absolute Gasteiger partial charge is 0.454 e. The van der Waals surface area contributed by atoms with Crippen molar-refractivity contribution in [2.45, 2.75) is 0 Å². The number of benzene rings is 2. The number of allylic oxidation sites excluding steroid dienone is 1. The lowest BCUT2D eigenvalue weighted by molar-refractivity contribution is 0.0734. The monoisotopic (exact) mass is 392 g/mol. The minimum Gasteiger partial charge on any atom is -0.454 e. The number of hydrogen-bond acceptors (Lipinski definition) is 7. The molecule has 2 aliphatic rings. The molecule has 3 heterocycles. The fraction of sp³-hybridized carbons (Fsp3) is 0.0476. The van der Waals surface area contributed by atoms with Crippen molar-refractivity contribution in [1.29, 1.82) is 0 Å². The van der Waals surface area contributed by atoms with Crippen LogP contribution >= 0.6 is 11.3 Å². The molecule has 2 aromatic carbocycles. The van der Waals surface area contributed by atoms with Crippen LogP contribution in [-0.4, -0.2) is 18.5 Å². The molecule has 0 saturated carbocycles. The van der Waals surface area contributed by atoms with E-state index in [1.54, 1.807) is 36.4 Å². The first-order chi connectivity index (χ1) is 13.7. The first kappa shape index (κ1) is 16.6. The molecule has 0 atom stereocenters. The van der Waals surface area contributed by atoms with E-state index < -0.39 is 5.97 Å². The maximum absolute atomic E-state index is 12.5.